The van der Waals surface area contributed by atoms with Crippen LogP contribution in [0.15, 0.2) is 46.7 Å². The third-order valence-electron chi connectivity index (χ3n) is 4.56. The first-order valence-electron chi connectivity index (χ1n) is 8.43. The van der Waals surface area contributed by atoms with E-state index in [-0.39, 0.29) is 23.5 Å². The van der Waals surface area contributed by atoms with Gasteiger partial charge < -0.3 is 9.84 Å². The Hall–Kier alpha value is -2.43. The van der Waals surface area contributed by atoms with Crippen molar-refractivity contribution in [3.05, 3.63) is 47.2 Å². The lowest BCUT2D eigenvalue weighted by atomic mass is 9.67. The molecule has 1 N–H and O–H groups in total. The molecule has 134 valence electrons. The first kappa shape index (κ1) is 18.9. The molecular weight excluding hydrogens is 318 g/mol. The van der Waals surface area contributed by atoms with Crippen molar-refractivity contribution in [1.29, 1.82) is 0 Å². The molecule has 1 aromatic rings. The molecule has 25 heavy (non-hydrogen) atoms. The molecule has 0 bridgehead atoms. The van der Waals surface area contributed by atoms with Gasteiger partial charge in [-0.3, -0.25) is 14.6 Å². The molecule has 0 aliphatic heterocycles. The van der Waals surface area contributed by atoms with Crippen LogP contribution in [-0.2, 0) is 20.9 Å². The molecule has 1 aliphatic rings. The van der Waals surface area contributed by atoms with Gasteiger partial charge in [-0.15, -0.1) is 0 Å². The summed E-state index contributed by atoms with van der Waals surface area (Å²) in [7, 11) is 1.28. The number of benzene rings is 1. The van der Waals surface area contributed by atoms with Gasteiger partial charge in [0.15, 0.2) is 5.78 Å². The Morgan fingerprint density at radius 1 is 1.32 bits per heavy atom. The van der Waals surface area contributed by atoms with E-state index in [9.17, 15) is 14.7 Å². The van der Waals surface area contributed by atoms with Gasteiger partial charge in [0.05, 0.1) is 19.2 Å². The molecule has 1 aliphatic carbocycles. The number of carbonyl (C=O) groups excluding carboxylic acids is 2. The number of aliphatic hydroxyl groups excluding tert-OH is 1. The standard InChI is InChI=1S/C20H25NO4/c1-5-14(21-12-13-9-7-6-8-10-13)16-15(22)11-20(2,3)17(18(16)23)19(24)25-4/h6-10,17,23H,5,11-12H2,1-4H3/t17-/m0/s1. The zero-order valence-electron chi connectivity index (χ0n) is 15.2. The fraction of sp³-hybridized carbons (Fsp3) is 0.450. The summed E-state index contributed by atoms with van der Waals surface area (Å²) in [6, 6.07) is 9.68. The monoisotopic (exact) mass is 343 g/mol. The summed E-state index contributed by atoms with van der Waals surface area (Å²) in [6.45, 7) is 5.86. The number of methoxy groups -OCH3 is 1. The largest absolute Gasteiger partial charge is 0.511 e. The van der Waals surface area contributed by atoms with Crippen molar-refractivity contribution in [1.82, 2.24) is 0 Å². The molecular formula is C20H25NO4. The number of allylic oxidation sites excluding steroid dienone is 1. The van der Waals surface area contributed by atoms with E-state index in [1.165, 1.54) is 7.11 Å². The Balaban J connectivity index is 2.44. The van der Waals surface area contributed by atoms with E-state index in [1.807, 2.05) is 37.3 Å². The third-order valence-corrected chi connectivity index (χ3v) is 4.56. The average molecular weight is 343 g/mol. The Bertz CT molecular complexity index is 716. The highest BCUT2D eigenvalue weighted by Gasteiger charge is 2.47. The minimum absolute atomic E-state index is 0.163. The number of rotatable bonds is 5. The van der Waals surface area contributed by atoms with Gasteiger partial charge in [-0.2, -0.15) is 0 Å². The minimum atomic E-state index is -0.862. The van der Waals surface area contributed by atoms with Gasteiger partial charge in [-0.05, 0) is 17.4 Å². The fourth-order valence-corrected chi connectivity index (χ4v) is 3.26. The van der Waals surface area contributed by atoms with Crippen LogP contribution in [0.5, 0.6) is 0 Å². The summed E-state index contributed by atoms with van der Waals surface area (Å²) < 4.78 is 4.84. The van der Waals surface area contributed by atoms with E-state index in [1.54, 1.807) is 13.8 Å². The number of aliphatic imine (C=N–C) groups is 1. The Kier molecular flexibility index (Phi) is 5.77. The summed E-state index contributed by atoms with van der Waals surface area (Å²) >= 11 is 0. The molecule has 0 spiro atoms. The minimum Gasteiger partial charge on any atom is -0.511 e. The lowest BCUT2D eigenvalue weighted by molar-refractivity contribution is -0.150. The van der Waals surface area contributed by atoms with Gasteiger partial charge >= 0.3 is 5.97 Å². The number of hydrogen-bond donors (Lipinski definition) is 1. The third kappa shape index (κ3) is 3.98. The van der Waals surface area contributed by atoms with Crippen molar-refractivity contribution in [2.75, 3.05) is 7.11 Å². The molecule has 0 saturated heterocycles. The van der Waals surface area contributed by atoms with E-state index in [0.717, 1.165) is 5.56 Å². The molecule has 0 heterocycles. The van der Waals surface area contributed by atoms with Crippen molar-refractivity contribution in [2.24, 2.45) is 16.3 Å². The van der Waals surface area contributed by atoms with Crippen LogP contribution >= 0.6 is 0 Å². The lowest BCUT2D eigenvalue weighted by Crippen LogP contribution is -2.41. The number of aliphatic hydroxyl groups is 1. The van der Waals surface area contributed by atoms with Gasteiger partial charge in [0, 0.05) is 12.1 Å². The number of ketones is 1. The predicted octanol–water partition coefficient (Wildman–Crippen LogP) is 3.64. The summed E-state index contributed by atoms with van der Waals surface area (Å²) in [5.74, 6) is -1.80. The number of carbonyl (C=O) groups is 2. The van der Waals surface area contributed by atoms with Crippen LogP contribution in [0.1, 0.15) is 39.2 Å². The van der Waals surface area contributed by atoms with Crippen LogP contribution in [0, 0.1) is 11.3 Å². The van der Waals surface area contributed by atoms with Gasteiger partial charge in [0.25, 0.3) is 0 Å². The maximum Gasteiger partial charge on any atom is 0.316 e. The molecule has 5 heteroatoms. The molecule has 0 amide bonds. The summed E-state index contributed by atoms with van der Waals surface area (Å²) in [6.07, 6.45) is 0.656. The Morgan fingerprint density at radius 2 is 1.96 bits per heavy atom. The molecule has 0 unspecified atom stereocenters. The van der Waals surface area contributed by atoms with E-state index in [0.29, 0.717) is 18.7 Å². The first-order valence-corrected chi connectivity index (χ1v) is 8.43. The molecule has 0 radical (unpaired) electrons. The summed E-state index contributed by atoms with van der Waals surface area (Å²) in [4.78, 5) is 29.3. The SMILES string of the molecule is CCC(=NCc1ccccc1)C1=C(O)[C@@H](C(=O)OC)C(C)(C)CC1=O. The van der Waals surface area contributed by atoms with Crippen LogP contribution < -0.4 is 0 Å². The van der Waals surface area contributed by atoms with E-state index >= 15 is 0 Å². The lowest BCUT2D eigenvalue weighted by Gasteiger charge is -2.36. The van der Waals surface area contributed by atoms with Gasteiger partial charge in [-0.25, -0.2) is 0 Å². The normalized spacial score (nSPS) is 20.6. The van der Waals surface area contributed by atoms with E-state index in [2.05, 4.69) is 4.99 Å². The highest BCUT2D eigenvalue weighted by molar-refractivity contribution is 6.23. The molecule has 1 aromatic carbocycles. The summed E-state index contributed by atoms with van der Waals surface area (Å²) in [5, 5.41) is 10.7. The number of ether oxygens (including phenoxy) is 1. The highest BCUT2D eigenvalue weighted by atomic mass is 16.5. The Labute approximate surface area is 148 Å². The van der Waals surface area contributed by atoms with Gasteiger partial charge in [0.1, 0.15) is 11.7 Å². The second-order valence-electron chi connectivity index (χ2n) is 6.91. The van der Waals surface area contributed by atoms with Crippen LogP contribution in [0.25, 0.3) is 0 Å². The Morgan fingerprint density at radius 3 is 2.52 bits per heavy atom. The molecule has 5 nitrogen and oxygen atoms in total. The van der Waals surface area contributed by atoms with E-state index in [4.69, 9.17) is 4.74 Å². The maximum atomic E-state index is 12.6. The second kappa shape index (κ2) is 7.64. The maximum absolute atomic E-state index is 12.6. The fourth-order valence-electron chi connectivity index (χ4n) is 3.26. The van der Waals surface area contributed by atoms with Gasteiger partial charge in [-0.1, -0.05) is 51.1 Å². The second-order valence-corrected chi connectivity index (χ2v) is 6.91. The number of esters is 1. The number of Topliss-reactive ketones (excluding diaryl/α,β-unsaturated/α-hetero) is 1. The number of hydrogen-bond acceptors (Lipinski definition) is 5. The van der Waals surface area contributed by atoms with Crippen molar-refractivity contribution < 1.29 is 19.4 Å². The number of nitrogens with zero attached hydrogens (tertiary/aromatic N) is 1. The molecule has 2 rings (SSSR count). The first-order chi connectivity index (χ1) is 11.8. The van der Waals surface area contributed by atoms with Crippen LogP contribution in [-0.4, -0.2) is 29.7 Å². The molecule has 0 aromatic heterocycles. The van der Waals surface area contributed by atoms with Crippen molar-refractivity contribution in [3.8, 4) is 0 Å². The molecule has 0 fully saturated rings. The predicted molar refractivity (Wildman–Crippen MR) is 96.4 cm³/mol. The highest BCUT2D eigenvalue weighted by Crippen LogP contribution is 2.42. The van der Waals surface area contributed by atoms with Gasteiger partial charge in [0.2, 0.25) is 0 Å². The molecule has 1 atom stereocenters. The van der Waals surface area contributed by atoms with Crippen molar-refractivity contribution in [3.63, 3.8) is 0 Å². The van der Waals surface area contributed by atoms with Crippen molar-refractivity contribution in [2.45, 2.75) is 40.2 Å². The van der Waals surface area contributed by atoms with Crippen LogP contribution in [0.3, 0.4) is 0 Å². The zero-order valence-corrected chi connectivity index (χ0v) is 15.2. The quantitative estimate of drug-likeness (QED) is 0.654. The summed E-state index contributed by atoms with van der Waals surface area (Å²) in [5.41, 5.74) is 1.02. The smallest absolute Gasteiger partial charge is 0.316 e. The zero-order chi connectivity index (χ0) is 18.6. The van der Waals surface area contributed by atoms with Crippen LogP contribution in [0.4, 0.5) is 0 Å². The topological polar surface area (TPSA) is 76.0 Å². The van der Waals surface area contributed by atoms with E-state index < -0.39 is 17.3 Å². The van der Waals surface area contributed by atoms with Crippen LogP contribution in [0.2, 0.25) is 0 Å². The average Bonchev–Trinajstić information content (AvgIpc) is 2.57. The van der Waals surface area contributed by atoms with Crippen molar-refractivity contribution >= 4 is 17.5 Å². The molecule has 0 saturated carbocycles.